The van der Waals surface area contributed by atoms with E-state index in [0.717, 1.165) is 5.92 Å². The predicted molar refractivity (Wildman–Crippen MR) is 38.7 cm³/mol. The van der Waals surface area contributed by atoms with Crippen molar-refractivity contribution in [2.24, 2.45) is 5.92 Å². The number of aliphatic hydroxyl groups is 2. The van der Waals surface area contributed by atoms with Crippen LogP contribution in [-0.4, -0.2) is 35.5 Å². The zero-order chi connectivity index (χ0) is 7.56. The lowest BCUT2D eigenvalue weighted by Gasteiger charge is -2.07. The van der Waals surface area contributed by atoms with Crippen LogP contribution in [0.5, 0.6) is 0 Å². The second-order valence-corrected chi connectivity index (χ2v) is 3.06. The Morgan fingerprint density at radius 2 is 2.30 bits per heavy atom. The molecule has 3 N–H and O–H groups in total. The molecular weight excluding hydrogens is 130 g/mol. The highest BCUT2D eigenvalue weighted by Gasteiger charge is 2.31. The molecular formula is C7H15NO2. The molecule has 0 amide bonds. The molecule has 3 heteroatoms. The fraction of sp³-hybridized carbons (Fsp3) is 1.00. The van der Waals surface area contributed by atoms with Gasteiger partial charge in [0, 0.05) is 12.6 Å². The minimum atomic E-state index is -0.590. The second-order valence-electron chi connectivity index (χ2n) is 3.06. The van der Waals surface area contributed by atoms with Gasteiger partial charge in [-0.3, -0.25) is 0 Å². The molecule has 3 nitrogen and oxygen atoms in total. The van der Waals surface area contributed by atoms with Gasteiger partial charge in [0.2, 0.25) is 0 Å². The van der Waals surface area contributed by atoms with Crippen LogP contribution >= 0.6 is 0 Å². The second kappa shape index (κ2) is 3.32. The topological polar surface area (TPSA) is 52.5 Å². The Morgan fingerprint density at radius 3 is 2.70 bits per heavy atom. The van der Waals surface area contributed by atoms with Gasteiger partial charge in [0.15, 0.2) is 0 Å². The van der Waals surface area contributed by atoms with Gasteiger partial charge >= 0.3 is 0 Å². The van der Waals surface area contributed by atoms with Crippen LogP contribution in [0.15, 0.2) is 0 Å². The molecule has 2 unspecified atom stereocenters. The zero-order valence-electron chi connectivity index (χ0n) is 6.25. The van der Waals surface area contributed by atoms with E-state index < -0.39 is 6.10 Å². The first-order valence-corrected chi connectivity index (χ1v) is 3.76. The van der Waals surface area contributed by atoms with Crippen LogP contribution in [0, 0.1) is 5.92 Å². The Hall–Kier alpha value is -0.120. The number of hydrogen-bond donors (Lipinski definition) is 3. The van der Waals surface area contributed by atoms with Crippen molar-refractivity contribution in [3.8, 4) is 0 Å². The van der Waals surface area contributed by atoms with Crippen molar-refractivity contribution in [3.63, 3.8) is 0 Å². The molecule has 0 aliphatic heterocycles. The van der Waals surface area contributed by atoms with Crippen LogP contribution in [0.3, 0.4) is 0 Å². The van der Waals surface area contributed by atoms with Gasteiger partial charge in [-0.05, 0) is 12.3 Å². The highest BCUT2D eigenvalue weighted by molar-refractivity contribution is 4.89. The summed E-state index contributed by atoms with van der Waals surface area (Å²) in [4.78, 5) is 0. The van der Waals surface area contributed by atoms with Crippen molar-refractivity contribution in [1.82, 2.24) is 5.32 Å². The molecule has 0 aromatic rings. The third-order valence-electron chi connectivity index (χ3n) is 1.94. The van der Waals surface area contributed by atoms with Gasteiger partial charge in [-0.25, -0.2) is 0 Å². The number of nitrogens with one attached hydrogen (secondary N) is 1. The molecule has 0 spiro atoms. The first-order chi connectivity index (χ1) is 4.74. The molecule has 1 aliphatic carbocycles. The van der Waals surface area contributed by atoms with Gasteiger partial charge in [-0.1, -0.05) is 6.92 Å². The fourth-order valence-corrected chi connectivity index (χ4v) is 0.958. The minimum absolute atomic E-state index is 0.145. The van der Waals surface area contributed by atoms with E-state index in [4.69, 9.17) is 10.2 Å². The van der Waals surface area contributed by atoms with E-state index in [1.165, 1.54) is 6.42 Å². The van der Waals surface area contributed by atoms with Gasteiger partial charge < -0.3 is 15.5 Å². The van der Waals surface area contributed by atoms with Gasteiger partial charge in [0.1, 0.15) is 0 Å². The van der Waals surface area contributed by atoms with Gasteiger partial charge in [0.05, 0.1) is 12.7 Å². The normalized spacial score (nSPS) is 33.9. The molecule has 1 saturated carbocycles. The molecule has 0 heterocycles. The van der Waals surface area contributed by atoms with Gasteiger partial charge in [-0.2, -0.15) is 0 Å². The maximum Gasteiger partial charge on any atom is 0.0895 e. The van der Waals surface area contributed by atoms with E-state index in [9.17, 15) is 0 Å². The number of hydrogen-bond acceptors (Lipinski definition) is 3. The average Bonchev–Trinajstić information content (AvgIpc) is 2.61. The Balaban J connectivity index is 1.95. The summed E-state index contributed by atoms with van der Waals surface area (Å²) in [7, 11) is 0. The van der Waals surface area contributed by atoms with Crippen LogP contribution in [0.4, 0.5) is 0 Å². The average molecular weight is 145 g/mol. The van der Waals surface area contributed by atoms with E-state index in [0.29, 0.717) is 12.6 Å². The summed E-state index contributed by atoms with van der Waals surface area (Å²) in [6.45, 7) is 2.54. The van der Waals surface area contributed by atoms with Crippen molar-refractivity contribution in [2.75, 3.05) is 13.2 Å². The maximum absolute atomic E-state index is 8.91. The Bertz CT molecular complexity index is 104. The summed E-state index contributed by atoms with van der Waals surface area (Å²) in [5.41, 5.74) is 0. The van der Waals surface area contributed by atoms with Crippen molar-refractivity contribution < 1.29 is 10.2 Å². The van der Waals surface area contributed by atoms with Crippen molar-refractivity contribution in [3.05, 3.63) is 0 Å². The molecule has 1 fully saturated rings. The Labute approximate surface area is 61.1 Å². The summed E-state index contributed by atoms with van der Waals surface area (Å²) in [6.07, 6.45) is 0.616. The van der Waals surface area contributed by atoms with E-state index in [1.54, 1.807) is 0 Å². The highest BCUT2D eigenvalue weighted by Crippen LogP contribution is 2.28. The number of rotatable bonds is 4. The first-order valence-electron chi connectivity index (χ1n) is 3.76. The molecule has 10 heavy (non-hydrogen) atoms. The molecule has 60 valence electrons. The summed E-state index contributed by atoms with van der Waals surface area (Å²) in [5, 5.41) is 20.5. The van der Waals surface area contributed by atoms with Crippen LogP contribution in [0.25, 0.3) is 0 Å². The molecule has 0 aromatic heterocycles. The Kier molecular flexibility index (Phi) is 2.65. The predicted octanol–water partition coefficient (Wildman–Crippen LogP) is -0.662. The van der Waals surface area contributed by atoms with Crippen LogP contribution in [-0.2, 0) is 0 Å². The van der Waals surface area contributed by atoms with Crippen LogP contribution in [0.1, 0.15) is 13.3 Å². The lowest BCUT2D eigenvalue weighted by atomic mass is 10.3. The lowest BCUT2D eigenvalue weighted by Crippen LogP contribution is -2.31. The SMILES string of the molecule is CC1CC1NC[C@H](O)CO. The summed E-state index contributed by atoms with van der Waals surface area (Å²) >= 11 is 0. The van der Waals surface area contributed by atoms with Crippen molar-refractivity contribution in [1.29, 1.82) is 0 Å². The monoisotopic (exact) mass is 145 g/mol. The molecule has 3 atom stereocenters. The molecule has 1 rings (SSSR count). The zero-order valence-corrected chi connectivity index (χ0v) is 6.25. The van der Waals surface area contributed by atoms with Crippen LogP contribution in [0.2, 0.25) is 0 Å². The van der Waals surface area contributed by atoms with E-state index in [2.05, 4.69) is 12.2 Å². The van der Waals surface area contributed by atoms with E-state index in [-0.39, 0.29) is 6.61 Å². The van der Waals surface area contributed by atoms with Crippen molar-refractivity contribution >= 4 is 0 Å². The standard InChI is InChI=1S/C7H15NO2/c1-5-2-7(5)8-3-6(10)4-9/h5-10H,2-4H2,1H3/t5?,6-,7?/m0/s1. The summed E-state index contributed by atoms with van der Waals surface area (Å²) < 4.78 is 0. The Morgan fingerprint density at radius 1 is 1.70 bits per heavy atom. The van der Waals surface area contributed by atoms with Gasteiger partial charge in [0.25, 0.3) is 0 Å². The smallest absolute Gasteiger partial charge is 0.0895 e. The van der Waals surface area contributed by atoms with Gasteiger partial charge in [-0.15, -0.1) is 0 Å². The fourth-order valence-electron chi connectivity index (χ4n) is 0.958. The lowest BCUT2D eigenvalue weighted by molar-refractivity contribution is 0.0939. The van der Waals surface area contributed by atoms with E-state index in [1.807, 2.05) is 0 Å². The molecule has 0 bridgehead atoms. The van der Waals surface area contributed by atoms with E-state index >= 15 is 0 Å². The quantitative estimate of drug-likeness (QED) is 0.492. The van der Waals surface area contributed by atoms with Crippen LogP contribution < -0.4 is 5.32 Å². The maximum atomic E-state index is 8.91. The molecule has 0 aromatic carbocycles. The minimum Gasteiger partial charge on any atom is -0.394 e. The first kappa shape index (κ1) is 7.98. The molecule has 0 radical (unpaired) electrons. The third kappa shape index (κ3) is 2.25. The molecule has 0 saturated heterocycles. The summed E-state index contributed by atoms with van der Waals surface area (Å²) in [5.74, 6) is 0.755. The number of aliphatic hydroxyl groups excluding tert-OH is 2. The largest absolute Gasteiger partial charge is 0.394 e. The summed E-state index contributed by atoms with van der Waals surface area (Å²) in [6, 6.07) is 0.584. The van der Waals surface area contributed by atoms with Crippen molar-refractivity contribution in [2.45, 2.75) is 25.5 Å². The highest BCUT2D eigenvalue weighted by atomic mass is 16.3. The third-order valence-corrected chi connectivity index (χ3v) is 1.94. The molecule has 1 aliphatic rings.